The number of benzene rings is 1. The van der Waals surface area contributed by atoms with Crippen molar-refractivity contribution in [3.8, 4) is 0 Å². The zero-order valence-electron chi connectivity index (χ0n) is 10.4. The number of nitrogens with one attached hydrogen (secondary N) is 1. The highest BCUT2D eigenvalue weighted by molar-refractivity contribution is 5.95. The Morgan fingerprint density at radius 2 is 1.94 bits per heavy atom. The highest BCUT2D eigenvalue weighted by Crippen LogP contribution is 2.30. The van der Waals surface area contributed by atoms with Crippen LogP contribution in [0.4, 0.5) is 5.69 Å². The van der Waals surface area contributed by atoms with Crippen molar-refractivity contribution >= 4 is 17.6 Å². The van der Waals surface area contributed by atoms with Gasteiger partial charge in [-0.15, -0.1) is 0 Å². The van der Waals surface area contributed by atoms with Gasteiger partial charge in [0.25, 0.3) is 0 Å². The summed E-state index contributed by atoms with van der Waals surface area (Å²) in [4.78, 5) is 23.1. The maximum Gasteiger partial charge on any atom is 0.338 e. The topological polar surface area (TPSA) is 55.4 Å². The Labute approximate surface area is 106 Å². The lowest BCUT2D eigenvalue weighted by Gasteiger charge is -2.06. The number of hydrogen-bond donors (Lipinski definition) is 1. The zero-order chi connectivity index (χ0) is 13.0. The molecule has 1 aliphatic rings. The molecule has 96 valence electrons. The third-order valence-electron chi connectivity index (χ3n) is 2.77. The van der Waals surface area contributed by atoms with Gasteiger partial charge in [0.15, 0.2) is 0 Å². The van der Waals surface area contributed by atoms with Gasteiger partial charge in [-0.1, -0.05) is 6.92 Å². The summed E-state index contributed by atoms with van der Waals surface area (Å²) in [5.41, 5.74) is 1.23. The molecule has 1 fully saturated rings. The van der Waals surface area contributed by atoms with Gasteiger partial charge in [-0.3, -0.25) is 4.79 Å². The number of carbonyl (C=O) groups excluding carboxylic acids is 2. The van der Waals surface area contributed by atoms with Crippen LogP contribution in [0.15, 0.2) is 24.3 Å². The first kappa shape index (κ1) is 12.6. The highest BCUT2D eigenvalue weighted by atomic mass is 16.5. The van der Waals surface area contributed by atoms with Crippen molar-refractivity contribution in [2.75, 3.05) is 11.9 Å². The first-order valence-electron chi connectivity index (χ1n) is 6.28. The van der Waals surface area contributed by atoms with Crippen molar-refractivity contribution in [3.05, 3.63) is 29.8 Å². The van der Waals surface area contributed by atoms with Crippen molar-refractivity contribution in [3.63, 3.8) is 0 Å². The fraction of sp³-hybridized carbons (Fsp3) is 0.429. The largest absolute Gasteiger partial charge is 0.462 e. The molecular formula is C14H17NO3. The zero-order valence-corrected chi connectivity index (χ0v) is 10.4. The molecule has 0 bridgehead atoms. The molecule has 1 aromatic carbocycles. The minimum Gasteiger partial charge on any atom is -0.462 e. The average molecular weight is 247 g/mol. The van der Waals surface area contributed by atoms with Gasteiger partial charge in [0, 0.05) is 11.6 Å². The minimum absolute atomic E-state index is 0.0660. The van der Waals surface area contributed by atoms with Crippen LogP contribution in [0.25, 0.3) is 0 Å². The van der Waals surface area contributed by atoms with Crippen LogP contribution in [-0.4, -0.2) is 18.5 Å². The lowest BCUT2D eigenvalue weighted by molar-refractivity contribution is -0.117. The molecule has 1 saturated carbocycles. The molecule has 1 amide bonds. The first-order chi connectivity index (χ1) is 8.70. The molecule has 4 heteroatoms. The van der Waals surface area contributed by atoms with E-state index in [0.717, 1.165) is 24.9 Å². The monoisotopic (exact) mass is 247 g/mol. The lowest BCUT2D eigenvalue weighted by Crippen LogP contribution is -2.13. The Hall–Kier alpha value is -1.84. The molecule has 0 saturated heterocycles. The van der Waals surface area contributed by atoms with Gasteiger partial charge in [0.1, 0.15) is 0 Å². The Morgan fingerprint density at radius 3 is 2.50 bits per heavy atom. The van der Waals surface area contributed by atoms with E-state index in [-0.39, 0.29) is 17.8 Å². The van der Waals surface area contributed by atoms with E-state index >= 15 is 0 Å². The van der Waals surface area contributed by atoms with Crippen molar-refractivity contribution < 1.29 is 14.3 Å². The second-order valence-corrected chi connectivity index (χ2v) is 4.48. The van der Waals surface area contributed by atoms with E-state index in [2.05, 4.69) is 5.32 Å². The van der Waals surface area contributed by atoms with Crippen LogP contribution >= 0.6 is 0 Å². The Balaban J connectivity index is 1.92. The number of rotatable bonds is 5. The summed E-state index contributed by atoms with van der Waals surface area (Å²) in [7, 11) is 0. The highest BCUT2D eigenvalue weighted by Gasteiger charge is 2.29. The summed E-state index contributed by atoms with van der Waals surface area (Å²) in [5, 5.41) is 2.82. The van der Waals surface area contributed by atoms with Gasteiger partial charge in [0.2, 0.25) is 5.91 Å². The molecule has 1 aromatic rings. The summed E-state index contributed by atoms with van der Waals surface area (Å²) < 4.78 is 5.02. The molecule has 4 nitrogen and oxygen atoms in total. The average Bonchev–Trinajstić information content (AvgIpc) is 3.21. The van der Waals surface area contributed by atoms with Crippen molar-refractivity contribution in [2.45, 2.75) is 26.2 Å². The Morgan fingerprint density at radius 1 is 1.28 bits per heavy atom. The first-order valence-corrected chi connectivity index (χ1v) is 6.28. The minimum atomic E-state index is -0.322. The number of esters is 1. The lowest BCUT2D eigenvalue weighted by atomic mass is 10.2. The van der Waals surface area contributed by atoms with Crippen LogP contribution in [0.3, 0.4) is 0 Å². The summed E-state index contributed by atoms with van der Waals surface area (Å²) in [6.45, 7) is 2.38. The van der Waals surface area contributed by atoms with E-state index < -0.39 is 0 Å². The van der Waals surface area contributed by atoms with Gasteiger partial charge in [0.05, 0.1) is 12.2 Å². The van der Waals surface area contributed by atoms with Crippen LogP contribution in [0.1, 0.15) is 36.5 Å². The Bertz CT molecular complexity index is 435. The van der Waals surface area contributed by atoms with Gasteiger partial charge in [-0.25, -0.2) is 4.79 Å². The molecule has 0 spiro atoms. The van der Waals surface area contributed by atoms with Gasteiger partial charge >= 0.3 is 5.97 Å². The predicted octanol–water partition coefficient (Wildman–Crippen LogP) is 2.60. The molecule has 2 rings (SSSR count). The van der Waals surface area contributed by atoms with E-state index in [1.165, 1.54) is 0 Å². The van der Waals surface area contributed by atoms with E-state index in [1.807, 2.05) is 6.92 Å². The van der Waals surface area contributed by atoms with Crippen molar-refractivity contribution in [2.24, 2.45) is 5.92 Å². The van der Waals surface area contributed by atoms with E-state index in [0.29, 0.717) is 12.2 Å². The number of anilines is 1. The molecular weight excluding hydrogens is 230 g/mol. The molecule has 0 heterocycles. The number of amides is 1. The van der Waals surface area contributed by atoms with Crippen LogP contribution in [-0.2, 0) is 9.53 Å². The maximum atomic E-state index is 11.5. The second kappa shape index (κ2) is 5.67. The third-order valence-corrected chi connectivity index (χ3v) is 2.77. The number of hydrogen-bond acceptors (Lipinski definition) is 3. The van der Waals surface area contributed by atoms with Crippen LogP contribution in [0.5, 0.6) is 0 Å². The van der Waals surface area contributed by atoms with Crippen LogP contribution in [0.2, 0.25) is 0 Å². The molecule has 0 atom stereocenters. The molecule has 1 N–H and O–H groups in total. The fourth-order valence-corrected chi connectivity index (χ4v) is 1.56. The number of ether oxygens (including phenoxy) is 1. The Kier molecular flexibility index (Phi) is 3.97. The second-order valence-electron chi connectivity index (χ2n) is 4.48. The van der Waals surface area contributed by atoms with Crippen LogP contribution < -0.4 is 5.32 Å². The van der Waals surface area contributed by atoms with Gasteiger partial charge in [-0.05, 0) is 43.5 Å². The van der Waals surface area contributed by atoms with E-state index in [9.17, 15) is 9.59 Å². The van der Waals surface area contributed by atoms with Crippen molar-refractivity contribution in [1.29, 1.82) is 0 Å². The standard InChI is InChI=1S/C14H17NO3/c1-2-9-18-14(17)11-5-7-12(8-6-11)15-13(16)10-3-4-10/h5-8,10H,2-4,9H2,1H3,(H,15,16). The molecule has 0 aromatic heterocycles. The number of carbonyl (C=O) groups is 2. The summed E-state index contributed by atoms with van der Waals surface area (Å²) in [5.74, 6) is -0.0765. The van der Waals surface area contributed by atoms with Gasteiger partial charge in [-0.2, -0.15) is 0 Å². The molecule has 0 aliphatic heterocycles. The van der Waals surface area contributed by atoms with Crippen molar-refractivity contribution in [1.82, 2.24) is 0 Å². The summed E-state index contributed by atoms with van der Waals surface area (Å²) >= 11 is 0. The summed E-state index contributed by atoms with van der Waals surface area (Å²) in [6.07, 6.45) is 2.77. The van der Waals surface area contributed by atoms with Gasteiger partial charge < -0.3 is 10.1 Å². The maximum absolute atomic E-state index is 11.5. The van der Waals surface area contributed by atoms with E-state index in [4.69, 9.17) is 4.74 Å². The third kappa shape index (κ3) is 3.32. The summed E-state index contributed by atoms with van der Waals surface area (Å²) in [6, 6.07) is 6.78. The molecule has 0 unspecified atom stereocenters. The smallest absolute Gasteiger partial charge is 0.338 e. The SMILES string of the molecule is CCCOC(=O)c1ccc(NC(=O)C2CC2)cc1. The molecule has 1 aliphatic carbocycles. The fourth-order valence-electron chi connectivity index (χ4n) is 1.56. The normalized spacial score (nSPS) is 14.1. The predicted molar refractivity (Wildman–Crippen MR) is 68.4 cm³/mol. The quantitative estimate of drug-likeness (QED) is 0.814. The van der Waals surface area contributed by atoms with E-state index in [1.54, 1.807) is 24.3 Å². The molecule has 18 heavy (non-hydrogen) atoms. The molecule has 0 radical (unpaired) electrons. The van der Waals surface area contributed by atoms with Crippen LogP contribution in [0, 0.1) is 5.92 Å².